The zero-order chi connectivity index (χ0) is 55.8. The molecule has 0 N–H and O–H groups in total. The fourth-order valence-corrected chi connectivity index (χ4v) is 14.8. The van der Waals surface area contributed by atoms with E-state index in [1.807, 2.05) is 0 Å². The van der Waals surface area contributed by atoms with Crippen molar-refractivity contribution < 1.29 is 8.83 Å². The molecule has 5 heteroatoms. The Morgan fingerprint density at radius 1 is 0.427 bits per heavy atom. The summed E-state index contributed by atoms with van der Waals surface area (Å²) in [6.45, 7) is 21.3. The van der Waals surface area contributed by atoms with Crippen LogP contribution in [0, 0.1) is 0 Å². The maximum Gasteiger partial charge on any atom is 0.376 e. The molecule has 10 aromatic carbocycles. The summed E-state index contributed by atoms with van der Waals surface area (Å²) in [5, 5.41) is 3.25. The van der Waals surface area contributed by atoms with Crippen LogP contribution >= 0.6 is 0 Å². The van der Waals surface area contributed by atoms with Crippen LogP contribution in [0.25, 0.3) is 88.5 Å². The lowest BCUT2D eigenvalue weighted by Crippen LogP contribution is -2.61. The summed E-state index contributed by atoms with van der Waals surface area (Å²) >= 11 is 0. The molecule has 0 atom stereocenters. The van der Waals surface area contributed by atoms with Crippen LogP contribution < -0.4 is 20.8 Å². The number of anilines is 5. The van der Waals surface area contributed by atoms with Gasteiger partial charge in [0.1, 0.15) is 22.4 Å². The van der Waals surface area contributed by atoms with Crippen LogP contribution in [0.3, 0.4) is 0 Å². The zero-order valence-electron chi connectivity index (χ0n) is 48.3. The van der Waals surface area contributed by atoms with Crippen LogP contribution in [0.5, 0.6) is 0 Å². The van der Waals surface area contributed by atoms with E-state index in [4.69, 9.17) is 8.83 Å². The Hall–Kier alpha value is -8.80. The highest BCUT2D eigenvalue weighted by atomic mass is 16.3. The lowest BCUT2D eigenvalue weighted by atomic mass is 9.45. The monoisotopic (exact) mass is 1060 g/mol. The van der Waals surface area contributed by atoms with E-state index in [1.54, 1.807) is 0 Å². The van der Waals surface area contributed by atoms with E-state index in [9.17, 15) is 0 Å². The second-order valence-electron chi connectivity index (χ2n) is 26.7. The molecule has 0 radical (unpaired) electrons. The van der Waals surface area contributed by atoms with Crippen LogP contribution in [0.2, 0.25) is 0 Å². The number of hydrogen-bond acceptors (Lipinski definition) is 4. The molecule has 398 valence electrons. The first kappa shape index (κ1) is 49.1. The number of furan rings is 2. The molecule has 4 heterocycles. The molecule has 0 bridgehead atoms. The molecule has 4 aliphatic rings. The van der Waals surface area contributed by atoms with Crippen molar-refractivity contribution in [3.8, 4) is 55.6 Å². The molecular weight excluding hydrogens is 996 g/mol. The highest BCUT2D eigenvalue weighted by Crippen LogP contribution is 2.60. The first-order valence-corrected chi connectivity index (χ1v) is 29.5. The molecule has 12 aromatic rings. The third-order valence-electron chi connectivity index (χ3n) is 19.5. The first-order valence-electron chi connectivity index (χ1n) is 29.5. The Morgan fingerprint density at radius 3 is 1.71 bits per heavy atom. The van der Waals surface area contributed by atoms with E-state index >= 15 is 0 Å². The van der Waals surface area contributed by atoms with Gasteiger partial charge in [0, 0.05) is 55.3 Å². The fraction of sp³-hybridized carbons (Fsp3) is 0.195. The summed E-state index contributed by atoms with van der Waals surface area (Å²) in [7, 11) is 0. The molecule has 0 amide bonds. The summed E-state index contributed by atoms with van der Waals surface area (Å²) in [5.74, 6) is 0. The highest BCUT2D eigenvalue weighted by Gasteiger charge is 2.52. The van der Waals surface area contributed by atoms with E-state index in [0.717, 1.165) is 112 Å². The molecule has 0 unspecified atom stereocenters. The lowest BCUT2D eigenvalue weighted by molar-refractivity contribution is 0.331. The summed E-state index contributed by atoms with van der Waals surface area (Å²) in [4.78, 5) is 5.20. The highest BCUT2D eigenvalue weighted by molar-refractivity contribution is 6.93. The average molecular weight is 1060 g/mol. The summed E-state index contributed by atoms with van der Waals surface area (Å²) in [6.07, 6.45) is 2.33. The van der Waals surface area contributed by atoms with Gasteiger partial charge in [0.05, 0.1) is 11.4 Å². The Balaban J connectivity index is 1.06. The number of fused-ring (bicyclic) bond motifs is 14. The standard InChI is InChI=1S/C77H65BN2O2/c1-74(2,3)51-32-35-64(54(40-51)49-25-17-12-18-26-49)79-66-43-57-53-27-19-20-28-67(53)81-72(57)69-58-41-55-56-42-62-63(76(6,7)38-37-75(62,4)5)44-60(56)77(8,9)61(55)45-65(58)80(52-33-29-48(30-34-52)46-21-13-10-14-22-46)78(70(66)69)73-71(79)59-39-50(31-36-68(59)82-73)47-23-15-11-16-24-47/h10-36,39-45H,37-38H2,1-9H3. The van der Waals surface area contributed by atoms with Crippen LogP contribution in [0.15, 0.2) is 215 Å². The van der Waals surface area contributed by atoms with Gasteiger partial charge in [0.2, 0.25) is 0 Å². The number of nitrogens with zero attached hydrogens (tertiary/aromatic N) is 2. The topological polar surface area (TPSA) is 32.8 Å². The van der Waals surface area contributed by atoms with Crippen molar-refractivity contribution in [2.75, 3.05) is 9.71 Å². The van der Waals surface area contributed by atoms with E-state index in [2.05, 4.69) is 278 Å². The largest absolute Gasteiger partial charge is 0.466 e. The van der Waals surface area contributed by atoms with Crippen molar-refractivity contribution in [1.82, 2.24) is 0 Å². The Kier molecular flexibility index (Phi) is 10.2. The van der Waals surface area contributed by atoms with Crippen LogP contribution in [0.1, 0.15) is 103 Å². The second-order valence-corrected chi connectivity index (χ2v) is 26.7. The molecule has 2 aliphatic heterocycles. The third kappa shape index (κ3) is 7.04. The predicted octanol–water partition coefficient (Wildman–Crippen LogP) is 20.0. The Morgan fingerprint density at radius 2 is 1.01 bits per heavy atom. The van der Waals surface area contributed by atoms with Crippen LogP contribution in [-0.2, 0) is 21.7 Å². The van der Waals surface area contributed by atoms with Crippen molar-refractivity contribution in [3.05, 3.63) is 234 Å². The van der Waals surface area contributed by atoms with Gasteiger partial charge >= 0.3 is 6.85 Å². The van der Waals surface area contributed by atoms with Gasteiger partial charge in [-0.3, -0.25) is 0 Å². The van der Waals surface area contributed by atoms with Gasteiger partial charge in [0.15, 0.2) is 0 Å². The summed E-state index contributed by atoms with van der Waals surface area (Å²) in [6, 6.07) is 77.1. The Bertz CT molecular complexity index is 4630. The number of para-hydroxylation sites is 1. The fourth-order valence-electron chi connectivity index (χ4n) is 14.8. The van der Waals surface area contributed by atoms with E-state index in [-0.39, 0.29) is 21.7 Å². The second kappa shape index (κ2) is 17.1. The van der Waals surface area contributed by atoms with Gasteiger partial charge in [-0.15, -0.1) is 0 Å². The minimum atomic E-state index is -0.413. The number of benzene rings is 10. The van der Waals surface area contributed by atoms with E-state index in [0.29, 0.717) is 0 Å². The molecule has 2 aromatic heterocycles. The van der Waals surface area contributed by atoms with Crippen molar-refractivity contribution in [2.24, 2.45) is 0 Å². The Labute approximate surface area is 481 Å². The quantitative estimate of drug-likeness (QED) is 0.161. The van der Waals surface area contributed by atoms with Gasteiger partial charge in [-0.1, -0.05) is 202 Å². The smallest absolute Gasteiger partial charge is 0.376 e. The van der Waals surface area contributed by atoms with E-state index in [1.165, 1.54) is 56.5 Å². The van der Waals surface area contributed by atoms with Gasteiger partial charge in [-0.25, -0.2) is 0 Å². The molecule has 0 saturated heterocycles. The van der Waals surface area contributed by atoms with Gasteiger partial charge in [0.25, 0.3) is 0 Å². The maximum absolute atomic E-state index is 7.70. The number of rotatable bonds is 5. The average Bonchev–Trinajstić information content (AvgIpc) is 2.75. The van der Waals surface area contributed by atoms with Crippen molar-refractivity contribution in [3.63, 3.8) is 0 Å². The summed E-state index contributed by atoms with van der Waals surface area (Å²) in [5.41, 5.74) is 28.8. The van der Waals surface area contributed by atoms with E-state index < -0.39 is 6.85 Å². The molecule has 0 spiro atoms. The van der Waals surface area contributed by atoms with Gasteiger partial charge < -0.3 is 18.5 Å². The molecule has 4 nitrogen and oxygen atoms in total. The minimum Gasteiger partial charge on any atom is -0.466 e. The molecule has 82 heavy (non-hydrogen) atoms. The zero-order valence-corrected chi connectivity index (χ0v) is 48.3. The lowest BCUT2D eigenvalue weighted by Gasteiger charge is -2.44. The molecular formula is C77H65BN2O2. The van der Waals surface area contributed by atoms with Crippen LogP contribution in [0.4, 0.5) is 28.4 Å². The van der Waals surface area contributed by atoms with Crippen molar-refractivity contribution >= 4 is 79.3 Å². The SMILES string of the molecule is CC(C)(C)c1ccc(N2c3cc4c(oc5ccccc54)c4c3B(c3oc5ccc(-c6ccccc6)cc5c32)N(c2ccc(-c3ccccc3)cc2)c2cc3c(cc2-4)-c2cc4c(cc2C3(C)C)C(C)(C)CCC4(C)C)c(-c2ccccc2)c1. The van der Waals surface area contributed by atoms with Gasteiger partial charge in [-0.05, 0) is 168 Å². The summed E-state index contributed by atoms with van der Waals surface area (Å²) < 4.78 is 15.1. The predicted molar refractivity (Wildman–Crippen MR) is 345 cm³/mol. The normalized spacial score (nSPS) is 16.0. The first-order chi connectivity index (χ1) is 39.5. The van der Waals surface area contributed by atoms with Gasteiger partial charge in [-0.2, -0.15) is 0 Å². The number of hydrogen-bond donors (Lipinski definition) is 0. The minimum absolute atomic E-state index is 0.0508. The molecule has 16 rings (SSSR count). The molecule has 0 fully saturated rings. The molecule has 0 saturated carbocycles. The molecule has 2 aliphatic carbocycles. The maximum atomic E-state index is 7.70. The third-order valence-corrected chi connectivity index (χ3v) is 19.5. The van der Waals surface area contributed by atoms with Crippen molar-refractivity contribution in [2.45, 2.75) is 96.8 Å². The van der Waals surface area contributed by atoms with Crippen molar-refractivity contribution in [1.29, 1.82) is 0 Å². The van der Waals surface area contributed by atoms with Crippen LogP contribution in [-0.4, -0.2) is 6.85 Å².